The Kier molecular flexibility index (Phi) is 22.4. The molecule has 2 aliphatic rings. The molecule has 0 bridgehead atoms. The molecule has 12 atom stereocenters. The predicted octanol–water partition coefficient (Wildman–Crippen LogP) is 10.2. The second-order valence-electron chi connectivity index (χ2n) is 24.7. The maximum absolute atomic E-state index is 16.5. The standard InChI is InChI=1S/C31H39F2N6O8P.C28H38F2N5O8P.CH4/c1-7-43-24-22-23(36-28(34)37-24)39(17-35-22)27-30(6,32)26(41)31(33,46-27)16-45-48(42,38-18(2)25(40)44-15-29(3,4)5)47-21-14-10-12-19-11-8-9-13-20(19)21;1-8-39-22-20-21(32-18(3)33-22)35(16-31-20)25-27(7,29)24(37)28(30,42-25)15-41-44(38,43-19-12-10-9-11-13-19)34-17(2)23(36)40-14-26(4,5)6;/h8-14,17-18,26-27,41H,7,15-16H2,1-6H3,(H,38,42)(H2,34,36,37);9-13,16-17,24-25,37H,8,14-15H2,1-7H3,(H,34,38);1H4/t18?,26-,27+,30+,31+,48?;17?,24-,25+,27+,28+,44?;/m00./s1. The molecular weight excluding hydrogens is 1270 g/mol. The third-order valence-corrected chi connectivity index (χ3v) is 17.2. The normalized spacial score (nSPS) is 25.0. The number of aliphatic hydroxyl groups is 2. The molecule has 93 heavy (non-hydrogen) atoms. The number of esters is 2. The van der Waals surface area contributed by atoms with Gasteiger partial charge in [0.15, 0.2) is 58.3 Å². The molecule has 2 aliphatic heterocycles. The van der Waals surface area contributed by atoms with Crippen molar-refractivity contribution < 1.29 is 93.0 Å². The van der Waals surface area contributed by atoms with E-state index >= 15 is 17.6 Å². The Hall–Kier alpha value is -7.18. The fourth-order valence-electron chi connectivity index (χ4n) is 9.40. The SMILES string of the molecule is C.CCOc1nc(C)nc2c1ncn2[C@@H]1O[C@](F)(COP(=O)(NC(C)C(=O)OCC(C)(C)C)Oc2ccccc2)[C@@H](O)[C@@]1(C)F.CCOc1nc(N)nc2c1ncn2[C@@H]1O[C@](F)(COP(=O)(NC(C)C(=O)OCC(C)(C)C)Oc2cccc3ccccc23)[C@@H](O)[C@@]1(C)F. The van der Waals surface area contributed by atoms with Crippen molar-refractivity contribution in [3.05, 3.63) is 91.3 Å². The number of aryl methyl sites for hydroxylation is 1. The van der Waals surface area contributed by atoms with E-state index in [1.54, 1.807) is 75.4 Å². The lowest BCUT2D eigenvalue weighted by Crippen LogP contribution is -2.47. The highest BCUT2D eigenvalue weighted by molar-refractivity contribution is 7.52. The van der Waals surface area contributed by atoms with E-state index in [1.165, 1.54) is 38.4 Å². The lowest BCUT2D eigenvalue weighted by atomic mass is 9.97. The summed E-state index contributed by atoms with van der Waals surface area (Å²) in [5.41, 5.74) is -0.136. The molecule has 4 aromatic heterocycles. The van der Waals surface area contributed by atoms with E-state index in [9.17, 15) is 28.9 Å². The molecule has 27 nitrogen and oxygen atoms in total. The third kappa shape index (κ3) is 16.8. The summed E-state index contributed by atoms with van der Waals surface area (Å²) in [5, 5.41) is 28.0. The summed E-state index contributed by atoms with van der Waals surface area (Å²) in [4.78, 5) is 50.3. The van der Waals surface area contributed by atoms with E-state index in [2.05, 4.69) is 40.1 Å². The number of benzene rings is 3. The summed E-state index contributed by atoms with van der Waals surface area (Å²) in [7, 11) is -9.28. The number of imidazole rings is 2. The van der Waals surface area contributed by atoms with E-state index in [1.807, 2.05) is 41.5 Å². The van der Waals surface area contributed by atoms with Gasteiger partial charge < -0.3 is 53.4 Å². The first-order chi connectivity index (χ1) is 42.9. The van der Waals surface area contributed by atoms with Crippen molar-refractivity contribution in [1.29, 1.82) is 0 Å². The molecule has 4 unspecified atom stereocenters. The smallest absolute Gasteiger partial charge is 0.459 e. The Balaban J connectivity index is 0.000000262. The van der Waals surface area contributed by atoms with Gasteiger partial charge in [-0.1, -0.05) is 104 Å². The van der Waals surface area contributed by atoms with Crippen molar-refractivity contribution in [3.63, 3.8) is 0 Å². The fraction of sp³-hybridized carbons (Fsp3) is 0.533. The molecule has 2 saturated heterocycles. The second kappa shape index (κ2) is 28.4. The number of rotatable bonds is 24. The Morgan fingerprint density at radius 1 is 0.667 bits per heavy atom. The van der Waals surface area contributed by atoms with Crippen molar-refractivity contribution in [2.45, 2.75) is 157 Å². The fourth-order valence-corrected chi connectivity index (χ4v) is 12.4. The number of alkyl halides is 4. The molecule has 9 rings (SSSR count). The number of nitrogens with one attached hydrogen (secondary N) is 2. The molecule has 6 heterocycles. The van der Waals surface area contributed by atoms with E-state index in [-0.39, 0.29) is 102 Å². The van der Waals surface area contributed by atoms with Crippen LogP contribution in [0.25, 0.3) is 33.1 Å². The van der Waals surface area contributed by atoms with Gasteiger partial charge in [0, 0.05) is 5.39 Å². The number of hydrogen-bond donors (Lipinski definition) is 5. The first-order valence-corrected chi connectivity index (χ1v) is 32.3. The summed E-state index contributed by atoms with van der Waals surface area (Å²) < 4.78 is 150. The summed E-state index contributed by atoms with van der Waals surface area (Å²) in [6.07, 6.45) is -6.26. The number of nitrogens with two attached hydrogens (primary N) is 1. The molecule has 0 saturated carbocycles. The number of para-hydroxylation sites is 1. The van der Waals surface area contributed by atoms with Gasteiger partial charge in [-0.15, -0.1) is 0 Å². The first kappa shape index (κ1) is 73.2. The molecule has 0 aliphatic carbocycles. The number of nitrogens with zero attached hydrogens (tertiary/aromatic N) is 8. The zero-order valence-corrected chi connectivity index (χ0v) is 54.7. The van der Waals surface area contributed by atoms with Gasteiger partial charge in [0.2, 0.25) is 17.7 Å². The van der Waals surface area contributed by atoms with Crippen LogP contribution in [-0.4, -0.2) is 148 Å². The van der Waals surface area contributed by atoms with E-state index in [0.29, 0.717) is 5.39 Å². The molecule has 7 aromatic rings. The van der Waals surface area contributed by atoms with Gasteiger partial charge in [0.05, 0.1) is 39.1 Å². The zero-order valence-electron chi connectivity index (χ0n) is 53.0. The summed E-state index contributed by atoms with van der Waals surface area (Å²) in [5.74, 6) is -7.71. The molecule has 3 aromatic carbocycles. The highest BCUT2D eigenvalue weighted by Crippen LogP contribution is 2.55. The molecule has 2 fully saturated rings. The maximum atomic E-state index is 16.5. The number of nitrogen functional groups attached to an aromatic ring is 1. The number of fused-ring (bicyclic) bond motifs is 3. The van der Waals surface area contributed by atoms with Crippen LogP contribution in [0.5, 0.6) is 23.3 Å². The molecule has 0 amide bonds. The van der Waals surface area contributed by atoms with Crippen molar-refractivity contribution in [3.8, 4) is 23.3 Å². The van der Waals surface area contributed by atoms with Gasteiger partial charge in [-0.3, -0.25) is 27.8 Å². The summed E-state index contributed by atoms with van der Waals surface area (Å²) in [6, 6.07) is 17.3. The molecule has 510 valence electrons. The lowest BCUT2D eigenvalue weighted by molar-refractivity contribution is -0.203. The van der Waals surface area contributed by atoms with E-state index in [4.69, 9.17) is 52.2 Å². The van der Waals surface area contributed by atoms with Crippen LogP contribution in [-0.2, 0) is 46.7 Å². The number of carbonyl (C=O) groups excluding carboxylic acids is 2. The van der Waals surface area contributed by atoms with Gasteiger partial charge in [-0.05, 0) is 82.9 Å². The minimum Gasteiger partial charge on any atom is -0.476 e. The van der Waals surface area contributed by atoms with Crippen LogP contribution in [0.15, 0.2) is 85.5 Å². The van der Waals surface area contributed by atoms with Crippen LogP contribution in [0.4, 0.5) is 23.5 Å². The lowest BCUT2D eigenvalue weighted by Gasteiger charge is -2.28. The van der Waals surface area contributed by atoms with Crippen LogP contribution in [0.1, 0.15) is 109 Å². The minimum atomic E-state index is -4.70. The molecular formula is C60H81F4N11O16P2. The van der Waals surface area contributed by atoms with Crippen LogP contribution in [0.2, 0.25) is 0 Å². The maximum Gasteiger partial charge on any atom is 0.459 e. The van der Waals surface area contributed by atoms with Crippen molar-refractivity contribution in [2.75, 3.05) is 45.4 Å². The van der Waals surface area contributed by atoms with E-state index < -0.39 is 100 Å². The second-order valence-corrected chi connectivity index (χ2v) is 28.0. The topological polar surface area (TPSA) is 338 Å². The minimum absolute atomic E-state index is 0. The first-order valence-electron chi connectivity index (χ1n) is 29.2. The quantitative estimate of drug-likeness (QED) is 0.0213. The van der Waals surface area contributed by atoms with Crippen LogP contribution >= 0.6 is 15.5 Å². The third-order valence-electron chi connectivity index (χ3n) is 13.9. The van der Waals surface area contributed by atoms with Crippen molar-refractivity contribution in [1.82, 2.24) is 49.2 Å². The van der Waals surface area contributed by atoms with E-state index in [0.717, 1.165) is 34.7 Å². The van der Waals surface area contributed by atoms with Crippen LogP contribution in [0.3, 0.4) is 0 Å². The van der Waals surface area contributed by atoms with Crippen molar-refractivity contribution >= 4 is 66.5 Å². The Morgan fingerprint density at radius 2 is 1.11 bits per heavy atom. The highest BCUT2D eigenvalue weighted by atomic mass is 31.2. The number of anilines is 1. The highest BCUT2D eigenvalue weighted by Gasteiger charge is 2.67. The van der Waals surface area contributed by atoms with Crippen molar-refractivity contribution in [2.24, 2.45) is 10.8 Å². The Labute approximate surface area is 534 Å². The predicted molar refractivity (Wildman–Crippen MR) is 333 cm³/mol. The van der Waals surface area contributed by atoms with Gasteiger partial charge in [-0.25, -0.2) is 41.6 Å². The van der Waals surface area contributed by atoms with Crippen LogP contribution < -0.4 is 34.4 Å². The number of aliphatic hydroxyl groups excluding tert-OH is 2. The summed E-state index contributed by atoms with van der Waals surface area (Å²) >= 11 is 0. The van der Waals surface area contributed by atoms with Gasteiger partial charge in [0.1, 0.15) is 42.6 Å². The Bertz CT molecular complexity index is 3860. The summed E-state index contributed by atoms with van der Waals surface area (Å²) in [6.45, 7) is 18.9. The monoisotopic (exact) mass is 1350 g/mol. The molecule has 0 radical (unpaired) electrons. The number of hydrogen-bond acceptors (Lipinski definition) is 23. The van der Waals surface area contributed by atoms with Crippen LogP contribution in [0, 0.1) is 17.8 Å². The zero-order chi connectivity index (χ0) is 67.6. The van der Waals surface area contributed by atoms with Gasteiger partial charge in [-0.2, -0.15) is 25.1 Å². The average Bonchev–Trinajstić information content (AvgIpc) is 1.59. The van der Waals surface area contributed by atoms with Gasteiger partial charge >= 0.3 is 27.4 Å². The number of ether oxygens (including phenoxy) is 6. The number of halogens is 4. The number of carbonyl (C=O) groups is 2. The molecule has 6 N–H and O–H groups in total. The molecule has 33 heteroatoms. The average molecular weight is 1350 g/mol. The number of aromatic nitrogens is 8. The Morgan fingerprint density at radius 3 is 1.59 bits per heavy atom. The largest absolute Gasteiger partial charge is 0.476 e. The molecule has 0 spiro atoms. The van der Waals surface area contributed by atoms with Gasteiger partial charge in [0.25, 0.3) is 11.7 Å².